The number of anilines is 1. The summed E-state index contributed by atoms with van der Waals surface area (Å²) in [6.45, 7) is 0.479. The second-order valence-electron chi connectivity index (χ2n) is 7.74. The number of hydrogen-bond acceptors (Lipinski definition) is 3. The third-order valence-corrected chi connectivity index (χ3v) is 6.04. The zero-order valence-corrected chi connectivity index (χ0v) is 19.1. The Morgan fingerprint density at radius 2 is 1.75 bits per heavy atom. The van der Waals surface area contributed by atoms with Crippen LogP contribution in [0, 0.1) is 0 Å². The van der Waals surface area contributed by atoms with Crippen molar-refractivity contribution in [3.8, 4) is 5.75 Å². The van der Waals surface area contributed by atoms with Crippen LogP contribution < -0.4 is 14.5 Å². The molecular formula is C25H21Cl2N2O3+. The minimum absolute atomic E-state index is 0.264. The lowest BCUT2D eigenvalue weighted by Crippen LogP contribution is -2.37. The number of carbonyl (C=O) groups is 2. The molecule has 0 radical (unpaired) electrons. The van der Waals surface area contributed by atoms with Gasteiger partial charge in [0, 0.05) is 22.3 Å². The highest BCUT2D eigenvalue weighted by Gasteiger charge is 2.40. The summed E-state index contributed by atoms with van der Waals surface area (Å²) in [5.41, 5.74) is 3.28. The quantitative estimate of drug-likeness (QED) is 0.373. The van der Waals surface area contributed by atoms with Crippen LogP contribution in [0.2, 0.25) is 10.0 Å². The van der Waals surface area contributed by atoms with Crippen LogP contribution in [0.25, 0.3) is 5.57 Å². The minimum Gasteiger partial charge on any atom is -0.497 e. The first-order valence-electron chi connectivity index (χ1n) is 9.92. The van der Waals surface area contributed by atoms with Crippen LogP contribution >= 0.6 is 23.2 Å². The molecule has 0 aliphatic carbocycles. The molecule has 3 aromatic carbocycles. The van der Waals surface area contributed by atoms with E-state index in [0.717, 1.165) is 11.3 Å². The molecule has 5 nitrogen and oxygen atoms in total. The molecule has 162 valence electrons. The summed E-state index contributed by atoms with van der Waals surface area (Å²) in [6.07, 6.45) is 1.79. The van der Waals surface area contributed by atoms with Crippen molar-refractivity contribution in [3.05, 3.63) is 94.1 Å². The Morgan fingerprint density at radius 3 is 2.44 bits per heavy atom. The molecule has 3 aromatic rings. The number of methoxy groups -OCH3 is 1. The fourth-order valence-electron chi connectivity index (χ4n) is 3.87. The molecule has 1 unspecified atom stereocenters. The standard InChI is InChI=1S/C25H20Cl2N2O3/c1-29(14-16-8-9-17(26)12-22(16)27)15-21(20-13-19(32-2)10-11-23(20)29)24(30)25(31)28-18-6-4-3-5-7-18/h3-13,15H,14H2,1-2H3/p+1. The molecule has 1 amide bonds. The van der Waals surface area contributed by atoms with E-state index in [-0.39, 0.29) is 4.48 Å². The first-order chi connectivity index (χ1) is 15.3. The number of nitrogens with one attached hydrogen (secondary N) is 1. The van der Waals surface area contributed by atoms with Crippen LogP contribution in [-0.4, -0.2) is 25.8 Å². The van der Waals surface area contributed by atoms with E-state index in [4.69, 9.17) is 27.9 Å². The molecule has 1 N–H and O–H groups in total. The zero-order valence-electron chi connectivity index (χ0n) is 17.6. The van der Waals surface area contributed by atoms with Gasteiger partial charge in [-0.05, 0) is 36.4 Å². The van der Waals surface area contributed by atoms with Gasteiger partial charge in [-0.2, -0.15) is 0 Å². The van der Waals surface area contributed by atoms with Crippen molar-refractivity contribution in [2.75, 3.05) is 19.5 Å². The number of quaternary nitrogens is 1. The first-order valence-corrected chi connectivity index (χ1v) is 10.7. The highest BCUT2D eigenvalue weighted by molar-refractivity contribution is 6.56. The lowest BCUT2D eigenvalue weighted by molar-refractivity contribution is -0.131. The molecule has 1 aliphatic rings. The van der Waals surface area contributed by atoms with Crippen LogP contribution in [0.1, 0.15) is 11.1 Å². The van der Waals surface area contributed by atoms with Gasteiger partial charge in [0.2, 0.25) is 0 Å². The number of ketones is 1. The normalized spacial score (nSPS) is 16.8. The number of halogens is 2. The summed E-state index contributed by atoms with van der Waals surface area (Å²) in [7, 11) is 3.52. The van der Waals surface area contributed by atoms with Crippen molar-refractivity contribution < 1.29 is 14.3 Å². The molecule has 32 heavy (non-hydrogen) atoms. The van der Waals surface area contributed by atoms with Crippen molar-refractivity contribution >= 4 is 51.8 Å². The van der Waals surface area contributed by atoms with Crippen molar-refractivity contribution in [2.24, 2.45) is 0 Å². The van der Waals surface area contributed by atoms with Gasteiger partial charge in [-0.3, -0.25) is 14.1 Å². The molecule has 0 bridgehead atoms. The number of hydrogen-bond donors (Lipinski definition) is 1. The number of rotatable bonds is 6. The number of fused-ring (bicyclic) bond motifs is 1. The van der Waals surface area contributed by atoms with Crippen LogP contribution in [0.3, 0.4) is 0 Å². The summed E-state index contributed by atoms with van der Waals surface area (Å²) >= 11 is 12.5. The van der Waals surface area contributed by atoms with Gasteiger partial charge < -0.3 is 10.1 Å². The van der Waals surface area contributed by atoms with Gasteiger partial charge in [-0.15, -0.1) is 0 Å². The summed E-state index contributed by atoms with van der Waals surface area (Å²) in [5, 5.41) is 3.76. The van der Waals surface area contributed by atoms with Gasteiger partial charge in [-0.1, -0.05) is 47.5 Å². The zero-order chi connectivity index (χ0) is 22.9. The van der Waals surface area contributed by atoms with Crippen molar-refractivity contribution in [3.63, 3.8) is 0 Å². The smallest absolute Gasteiger partial charge is 0.297 e. The van der Waals surface area contributed by atoms with Gasteiger partial charge in [0.1, 0.15) is 24.2 Å². The third-order valence-electron chi connectivity index (χ3n) is 5.45. The summed E-state index contributed by atoms with van der Waals surface area (Å²) in [6, 6.07) is 19.7. The highest BCUT2D eigenvalue weighted by atomic mass is 35.5. The third kappa shape index (κ3) is 4.28. The Kier molecular flexibility index (Phi) is 6.07. The summed E-state index contributed by atoms with van der Waals surface area (Å²) in [4.78, 5) is 25.9. The predicted octanol–water partition coefficient (Wildman–Crippen LogP) is 5.70. The number of carbonyl (C=O) groups excluding carboxylic acids is 2. The molecule has 1 aliphatic heterocycles. The second kappa shape index (κ2) is 8.79. The van der Waals surface area contributed by atoms with Crippen LogP contribution in [-0.2, 0) is 16.1 Å². The SMILES string of the molecule is COc1ccc2c(c1)C(C(=O)C(=O)Nc1ccccc1)=C[N+]2(C)Cc1ccc(Cl)cc1Cl. The van der Waals surface area contributed by atoms with Gasteiger partial charge in [0.05, 0.1) is 30.3 Å². The first kappa shape index (κ1) is 22.1. The maximum Gasteiger partial charge on any atom is 0.297 e. The Morgan fingerprint density at radius 1 is 1.00 bits per heavy atom. The average molecular weight is 468 g/mol. The van der Waals surface area contributed by atoms with E-state index < -0.39 is 11.7 Å². The molecule has 1 atom stereocenters. The maximum atomic E-state index is 13.2. The number of amides is 1. The van der Waals surface area contributed by atoms with E-state index in [9.17, 15) is 9.59 Å². The molecule has 0 aromatic heterocycles. The maximum absolute atomic E-state index is 13.2. The van der Waals surface area contributed by atoms with E-state index in [0.29, 0.717) is 39.2 Å². The van der Waals surface area contributed by atoms with Crippen LogP contribution in [0.5, 0.6) is 5.75 Å². The molecule has 7 heteroatoms. The number of para-hydroxylation sites is 1. The van der Waals surface area contributed by atoms with Gasteiger partial charge in [0.25, 0.3) is 11.7 Å². The number of nitrogens with zero attached hydrogens (tertiary/aromatic N) is 1. The summed E-state index contributed by atoms with van der Waals surface area (Å²) in [5.74, 6) is -0.717. The van der Waals surface area contributed by atoms with Gasteiger partial charge in [0.15, 0.2) is 0 Å². The topological polar surface area (TPSA) is 55.4 Å². The highest BCUT2D eigenvalue weighted by Crippen LogP contribution is 2.43. The number of Topliss-reactive ketones (excluding diaryl/α,β-unsaturated/α-hetero) is 1. The molecular weight excluding hydrogens is 447 g/mol. The lowest BCUT2D eigenvalue weighted by Gasteiger charge is -2.28. The van der Waals surface area contributed by atoms with Gasteiger partial charge in [-0.25, -0.2) is 0 Å². The van der Waals surface area contributed by atoms with Crippen molar-refractivity contribution in [1.82, 2.24) is 4.48 Å². The van der Waals surface area contributed by atoms with Crippen molar-refractivity contribution in [1.29, 1.82) is 0 Å². The minimum atomic E-state index is -0.700. The fraction of sp³-hybridized carbons (Fsp3) is 0.120. The molecule has 1 heterocycles. The lowest BCUT2D eigenvalue weighted by atomic mass is 10.0. The van der Waals surface area contributed by atoms with E-state index in [1.165, 1.54) is 0 Å². The van der Waals surface area contributed by atoms with Crippen molar-refractivity contribution in [2.45, 2.75) is 6.54 Å². The Balaban J connectivity index is 1.72. The molecule has 0 saturated heterocycles. The van der Waals surface area contributed by atoms with E-state index >= 15 is 0 Å². The monoisotopic (exact) mass is 467 g/mol. The van der Waals surface area contributed by atoms with E-state index in [2.05, 4.69) is 5.32 Å². The fourth-order valence-corrected chi connectivity index (χ4v) is 4.34. The number of benzene rings is 3. The Bertz CT molecular complexity index is 1240. The molecule has 0 spiro atoms. The largest absolute Gasteiger partial charge is 0.497 e. The van der Waals surface area contributed by atoms with E-state index in [1.807, 2.05) is 31.3 Å². The second-order valence-corrected chi connectivity index (χ2v) is 8.58. The number of ether oxygens (including phenoxy) is 1. The molecule has 4 rings (SSSR count). The van der Waals surface area contributed by atoms with Gasteiger partial charge >= 0.3 is 0 Å². The Labute approximate surface area is 196 Å². The van der Waals surface area contributed by atoms with Crippen LogP contribution in [0.15, 0.2) is 72.9 Å². The predicted molar refractivity (Wildman–Crippen MR) is 129 cm³/mol. The molecule has 0 saturated carbocycles. The Hall–Kier alpha value is -3.12. The van der Waals surface area contributed by atoms with Crippen LogP contribution in [0.4, 0.5) is 11.4 Å². The van der Waals surface area contributed by atoms with E-state index in [1.54, 1.807) is 55.8 Å². The average Bonchev–Trinajstić information content (AvgIpc) is 3.07. The molecule has 0 fully saturated rings. The summed E-state index contributed by atoms with van der Waals surface area (Å²) < 4.78 is 5.62.